The molecule has 0 amide bonds. The normalized spacial score (nSPS) is 39.5. The first-order valence-electron chi connectivity index (χ1n) is 4.86. The van der Waals surface area contributed by atoms with Crippen LogP contribution >= 0.6 is 0 Å². The van der Waals surface area contributed by atoms with Crippen molar-refractivity contribution in [2.75, 3.05) is 7.11 Å². The Balaban J connectivity index is 2.03. The SMILES string of the molecule is C=CO[C@H]1C[C@H]2C[C@@H]1[C@H](C(=O)OC)N2. The second-order valence-corrected chi connectivity index (χ2v) is 3.84. The molecule has 1 saturated heterocycles. The zero-order chi connectivity index (χ0) is 10.1. The van der Waals surface area contributed by atoms with E-state index in [1.165, 1.54) is 13.4 Å². The fraction of sp³-hybridized carbons (Fsp3) is 0.700. The molecule has 14 heavy (non-hydrogen) atoms. The maximum Gasteiger partial charge on any atom is 0.323 e. The molecule has 1 aliphatic heterocycles. The van der Waals surface area contributed by atoms with E-state index >= 15 is 0 Å². The Labute approximate surface area is 83.3 Å². The van der Waals surface area contributed by atoms with Gasteiger partial charge in [-0.05, 0) is 12.8 Å². The van der Waals surface area contributed by atoms with E-state index in [0.717, 1.165) is 12.8 Å². The molecule has 2 fully saturated rings. The van der Waals surface area contributed by atoms with Crippen molar-refractivity contribution in [3.8, 4) is 0 Å². The van der Waals surface area contributed by atoms with E-state index in [9.17, 15) is 4.79 Å². The van der Waals surface area contributed by atoms with E-state index in [0.29, 0.717) is 6.04 Å². The molecule has 2 aliphatic rings. The first kappa shape index (κ1) is 9.52. The maximum atomic E-state index is 11.4. The number of esters is 1. The fourth-order valence-corrected chi connectivity index (χ4v) is 2.55. The van der Waals surface area contributed by atoms with Crippen LogP contribution < -0.4 is 5.32 Å². The largest absolute Gasteiger partial charge is 0.498 e. The summed E-state index contributed by atoms with van der Waals surface area (Å²) < 4.78 is 10.1. The molecule has 2 rings (SSSR count). The number of piperidine rings is 1. The molecule has 0 radical (unpaired) electrons. The van der Waals surface area contributed by atoms with Gasteiger partial charge in [0.1, 0.15) is 12.1 Å². The number of rotatable bonds is 3. The van der Waals surface area contributed by atoms with Crippen molar-refractivity contribution in [1.82, 2.24) is 5.32 Å². The highest BCUT2D eigenvalue weighted by atomic mass is 16.5. The molecule has 4 atom stereocenters. The van der Waals surface area contributed by atoms with Gasteiger partial charge in [0, 0.05) is 12.0 Å². The first-order chi connectivity index (χ1) is 6.76. The van der Waals surface area contributed by atoms with Crippen LogP contribution in [0.5, 0.6) is 0 Å². The minimum atomic E-state index is -0.191. The lowest BCUT2D eigenvalue weighted by Crippen LogP contribution is -2.47. The van der Waals surface area contributed by atoms with Gasteiger partial charge in [-0.15, -0.1) is 0 Å². The van der Waals surface area contributed by atoms with Gasteiger partial charge in [0.2, 0.25) is 0 Å². The number of carbonyl (C=O) groups is 1. The Bertz CT molecular complexity index is 254. The lowest BCUT2D eigenvalue weighted by Gasteiger charge is -2.27. The highest BCUT2D eigenvalue weighted by molar-refractivity contribution is 5.77. The van der Waals surface area contributed by atoms with Crippen molar-refractivity contribution < 1.29 is 14.3 Å². The summed E-state index contributed by atoms with van der Waals surface area (Å²) in [5.74, 6) is 0.0558. The second-order valence-electron chi connectivity index (χ2n) is 3.84. The number of ether oxygens (including phenoxy) is 2. The average molecular weight is 197 g/mol. The summed E-state index contributed by atoms with van der Waals surface area (Å²) in [5.41, 5.74) is 0. The predicted molar refractivity (Wildman–Crippen MR) is 50.5 cm³/mol. The van der Waals surface area contributed by atoms with Crippen LogP contribution in [0, 0.1) is 5.92 Å². The third-order valence-electron chi connectivity index (χ3n) is 3.12. The molecule has 1 saturated carbocycles. The van der Waals surface area contributed by atoms with Crippen LogP contribution in [0.15, 0.2) is 12.8 Å². The van der Waals surface area contributed by atoms with Crippen LogP contribution in [0.25, 0.3) is 0 Å². The Morgan fingerprint density at radius 2 is 2.36 bits per heavy atom. The summed E-state index contributed by atoms with van der Waals surface area (Å²) >= 11 is 0. The van der Waals surface area contributed by atoms with E-state index in [1.807, 2.05) is 0 Å². The molecule has 1 aliphatic carbocycles. The summed E-state index contributed by atoms with van der Waals surface area (Å²) in [6, 6.07) is 0.206. The van der Waals surface area contributed by atoms with Gasteiger partial charge in [0.15, 0.2) is 0 Å². The van der Waals surface area contributed by atoms with Gasteiger partial charge in [-0.25, -0.2) is 0 Å². The summed E-state index contributed by atoms with van der Waals surface area (Å²) in [6.07, 6.45) is 3.55. The molecule has 78 valence electrons. The molecule has 0 aromatic heterocycles. The number of carbonyl (C=O) groups excluding carboxylic acids is 1. The van der Waals surface area contributed by atoms with E-state index < -0.39 is 0 Å². The zero-order valence-electron chi connectivity index (χ0n) is 8.23. The smallest absolute Gasteiger partial charge is 0.323 e. The molecule has 0 unspecified atom stereocenters. The van der Waals surface area contributed by atoms with Crippen LogP contribution in [0.3, 0.4) is 0 Å². The Morgan fingerprint density at radius 3 is 2.93 bits per heavy atom. The lowest BCUT2D eigenvalue weighted by molar-refractivity contribution is -0.145. The van der Waals surface area contributed by atoms with Crippen LogP contribution in [0.4, 0.5) is 0 Å². The molecule has 0 spiro atoms. The minimum absolute atomic E-state index is 0.128. The van der Waals surface area contributed by atoms with Gasteiger partial charge in [0.25, 0.3) is 0 Å². The zero-order valence-corrected chi connectivity index (χ0v) is 8.23. The van der Waals surface area contributed by atoms with E-state index in [-0.39, 0.29) is 24.0 Å². The van der Waals surface area contributed by atoms with Gasteiger partial charge in [-0.3, -0.25) is 4.79 Å². The van der Waals surface area contributed by atoms with Gasteiger partial charge >= 0.3 is 5.97 Å². The van der Waals surface area contributed by atoms with Gasteiger partial charge < -0.3 is 14.8 Å². The maximum absolute atomic E-state index is 11.4. The molecule has 4 nitrogen and oxygen atoms in total. The van der Waals surface area contributed by atoms with E-state index in [4.69, 9.17) is 9.47 Å². The van der Waals surface area contributed by atoms with Crippen LogP contribution in [0.2, 0.25) is 0 Å². The number of hydrogen-bond donors (Lipinski definition) is 1. The molecule has 0 aromatic rings. The lowest BCUT2D eigenvalue weighted by atomic mass is 9.97. The second kappa shape index (κ2) is 3.61. The van der Waals surface area contributed by atoms with Crippen molar-refractivity contribution in [2.24, 2.45) is 5.92 Å². The van der Waals surface area contributed by atoms with E-state index in [1.54, 1.807) is 0 Å². The summed E-state index contributed by atoms with van der Waals surface area (Å²) in [4.78, 5) is 11.4. The number of hydrogen-bond acceptors (Lipinski definition) is 4. The first-order valence-corrected chi connectivity index (χ1v) is 4.86. The van der Waals surface area contributed by atoms with Crippen LogP contribution in [0.1, 0.15) is 12.8 Å². The third kappa shape index (κ3) is 1.39. The van der Waals surface area contributed by atoms with E-state index in [2.05, 4.69) is 11.9 Å². The summed E-state index contributed by atoms with van der Waals surface area (Å²) in [7, 11) is 1.42. The molecule has 1 heterocycles. The standard InChI is InChI=1S/C10H15NO3/c1-3-14-8-5-6-4-7(8)9(11-6)10(12)13-2/h3,6-9,11H,1,4-5H2,2H3/t6-,7+,8+,9-/m1/s1. The summed E-state index contributed by atoms with van der Waals surface area (Å²) in [6.45, 7) is 3.54. The van der Waals surface area contributed by atoms with Gasteiger partial charge in [-0.2, -0.15) is 0 Å². The molecule has 0 aromatic carbocycles. The van der Waals surface area contributed by atoms with Crippen LogP contribution in [-0.4, -0.2) is 31.3 Å². The Morgan fingerprint density at radius 1 is 1.57 bits per heavy atom. The quantitative estimate of drug-likeness (QED) is 0.527. The molecular weight excluding hydrogens is 182 g/mol. The van der Waals surface area contributed by atoms with Crippen molar-refractivity contribution in [1.29, 1.82) is 0 Å². The predicted octanol–water partition coefficient (Wildman–Crippen LogP) is 0.438. The van der Waals surface area contributed by atoms with Crippen LogP contribution in [-0.2, 0) is 14.3 Å². The third-order valence-corrected chi connectivity index (χ3v) is 3.12. The fourth-order valence-electron chi connectivity index (χ4n) is 2.55. The van der Waals surface area contributed by atoms with Crippen molar-refractivity contribution >= 4 is 5.97 Å². The molecule has 2 bridgehead atoms. The highest BCUT2D eigenvalue weighted by Crippen LogP contribution is 2.38. The molecular formula is C10H15NO3. The van der Waals surface area contributed by atoms with Gasteiger partial charge in [0.05, 0.1) is 13.4 Å². The van der Waals surface area contributed by atoms with Crippen molar-refractivity contribution in [2.45, 2.75) is 31.0 Å². The molecule has 1 N–H and O–H groups in total. The number of fused-ring (bicyclic) bond motifs is 2. The van der Waals surface area contributed by atoms with Gasteiger partial charge in [-0.1, -0.05) is 6.58 Å². The average Bonchev–Trinajstić information content (AvgIpc) is 2.76. The Kier molecular flexibility index (Phi) is 2.46. The molecule has 4 heteroatoms. The minimum Gasteiger partial charge on any atom is -0.498 e. The number of nitrogens with one attached hydrogen (secondary N) is 1. The van der Waals surface area contributed by atoms with Crippen molar-refractivity contribution in [3.05, 3.63) is 12.8 Å². The monoisotopic (exact) mass is 197 g/mol. The Hall–Kier alpha value is -1.03. The summed E-state index contributed by atoms with van der Waals surface area (Å²) in [5, 5.41) is 3.24. The highest BCUT2D eigenvalue weighted by Gasteiger charge is 2.50. The number of methoxy groups -OCH3 is 1. The van der Waals surface area contributed by atoms with Crippen molar-refractivity contribution in [3.63, 3.8) is 0 Å². The topological polar surface area (TPSA) is 47.6 Å².